The number of halogens is 1. The minimum absolute atomic E-state index is 0.285. The van der Waals surface area contributed by atoms with Crippen LogP contribution in [0.25, 0.3) is 1.43 Å². The molecule has 0 aliphatic carbocycles. The van der Waals surface area contributed by atoms with Crippen LogP contribution in [0.1, 0.15) is 10.4 Å². The summed E-state index contributed by atoms with van der Waals surface area (Å²) in [6.07, 6.45) is 0. The van der Waals surface area contributed by atoms with Crippen LogP contribution in [0.15, 0.2) is 24.3 Å². The van der Waals surface area contributed by atoms with Gasteiger partial charge in [0.25, 0.3) is 1.43 Å². The number of hydrogen-bond donors (Lipinski definition) is 1. The Bertz CT molecular complexity index is 275. The molecule has 0 atom stereocenters. The van der Waals surface area contributed by atoms with Gasteiger partial charge < -0.3 is 5.11 Å². The van der Waals surface area contributed by atoms with Crippen LogP contribution in [0.5, 0.6) is 0 Å². The molecule has 0 aliphatic rings. The fourth-order valence-corrected chi connectivity index (χ4v) is 0.806. The number of hydrogen-bond acceptors (Lipinski definition) is 2. The smallest absolute Gasteiger partial charge is 0.335 e. The van der Waals surface area contributed by atoms with Gasteiger partial charge in [-0.1, -0.05) is 17.7 Å². The van der Waals surface area contributed by atoms with Gasteiger partial charge in [0, 0.05) is 5.02 Å². The van der Waals surface area contributed by atoms with Crippen molar-refractivity contribution in [2.45, 2.75) is 0 Å². The van der Waals surface area contributed by atoms with Gasteiger partial charge in [0.2, 0.25) is 0 Å². The van der Waals surface area contributed by atoms with Gasteiger partial charge in [0.1, 0.15) is 0 Å². The summed E-state index contributed by atoms with van der Waals surface area (Å²) in [5.74, 6) is -0.701. The molecule has 2 nitrogen and oxygen atoms in total. The Kier molecular flexibility index (Phi) is 1.56. The van der Waals surface area contributed by atoms with E-state index in [1.54, 1.807) is 12.1 Å². The highest BCUT2D eigenvalue weighted by Crippen LogP contribution is 2.09. The molecule has 0 unspecified atom stereocenters. The van der Waals surface area contributed by atoms with Gasteiger partial charge in [-0.25, -0.2) is 4.79 Å². The van der Waals surface area contributed by atoms with Crippen LogP contribution in [0.2, 0.25) is 5.02 Å². The summed E-state index contributed by atoms with van der Waals surface area (Å²) in [7, 11) is 0. The third-order valence-corrected chi connectivity index (χ3v) is 1.30. The molecule has 0 radical (unpaired) electrons. The lowest BCUT2D eigenvalue weighted by atomic mass is 10.2. The second-order valence-electron chi connectivity index (χ2n) is 1.80. The number of carboxylic acid groups (broad SMARTS) is 1. The first-order chi connectivity index (χ1) is 5.24. The Balaban J connectivity index is 2.96. The summed E-state index contributed by atoms with van der Waals surface area (Å²) in [5.41, 5.74) is 0.285. The number of aromatic carboxylic acids is 1. The molecule has 1 aromatic carbocycles. The van der Waals surface area contributed by atoms with Crippen molar-refractivity contribution in [3.05, 3.63) is 34.9 Å². The highest BCUT2D eigenvalue weighted by atomic mass is 35.5. The molecule has 1 N–H and O–H groups in total. The molecule has 0 aliphatic heterocycles. The molecular formula is C7H5ClO2. The summed E-state index contributed by atoms with van der Waals surface area (Å²) in [6.45, 7) is 0. The molecule has 3 heteroatoms. The Hall–Kier alpha value is -1.02. The van der Waals surface area contributed by atoms with Crippen molar-refractivity contribution in [2.75, 3.05) is 0 Å². The van der Waals surface area contributed by atoms with E-state index in [1.165, 1.54) is 12.1 Å². The largest absolute Gasteiger partial charge is 0.478 e. The predicted molar refractivity (Wildman–Crippen MR) is 38.4 cm³/mol. The molecule has 10 heavy (non-hydrogen) atoms. The molecule has 0 aromatic heterocycles. The summed E-state index contributed by atoms with van der Waals surface area (Å²) in [4.78, 5) is 10.7. The lowest BCUT2D eigenvalue weighted by molar-refractivity contribution is 0.0697. The van der Waals surface area contributed by atoms with Gasteiger partial charge >= 0.3 is 5.97 Å². The monoisotopic (exact) mass is 157 g/mol. The zero-order valence-corrected chi connectivity index (χ0v) is 5.76. The van der Waals surface area contributed by atoms with Crippen LogP contribution in [-0.2, 0) is 0 Å². The summed E-state index contributed by atoms with van der Waals surface area (Å²) in [6, 6.07) is 6.23. The number of carboxylic acids is 1. The fraction of sp³-hybridized carbons (Fsp3) is 0. The van der Waals surface area contributed by atoms with Crippen molar-refractivity contribution >= 4 is 17.6 Å². The lowest BCUT2D eigenvalue weighted by Gasteiger charge is -1.92. The Morgan fingerprint density at radius 2 is 2.50 bits per heavy atom. The van der Waals surface area contributed by atoms with Crippen molar-refractivity contribution in [1.29, 1.82) is 1.43 Å². The van der Waals surface area contributed by atoms with Crippen molar-refractivity contribution in [2.24, 2.45) is 0 Å². The minimum atomic E-state index is -0.701. The number of benzene rings is 1. The van der Waals surface area contributed by atoms with E-state index in [9.17, 15) is 4.79 Å². The van der Waals surface area contributed by atoms with Gasteiger partial charge in [-0.05, 0) is 18.2 Å². The zero-order chi connectivity index (χ0) is 8.27. The van der Waals surface area contributed by atoms with Gasteiger partial charge in [-0.15, -0.1) is 0 Å². The average molecular weight is 158 g/mol. The molecule has 0 spiro atoms. The number of carbonyl (C=O) groups is 1. The third kappa shape index (κ3) is 1.48. The molecule has 0 saturated carbocycles. The van der Waals surface area contributed by atoms with Crippen LogP contribution in [-0.4, -0.2) is 11.1 Å². The fourth-order valence-electron chi connectivity index (χ4n) is 0.615. The first kappa shape index (κ1) is 5.74. The maximum Gasteiger partial charge on any atom is 0.335 e. The van der Waals surface area contributed by atoms with Crippen LogP contribution in [0, 0.1) is 0 Å². The average Bonchev–Trinajstić information content (AvgIpc) is 2.03. The van der Waals surface area contributed by atoms with Crippen LogP contribution in [0.3, 0.4) is 0 Å². The van der Waals surface area contributed by atoms with Gasteiger partial charge in [-0.3, -0.25) is 0 Å². The quantitative estimate of drug-likeness (QED) is 0.678. The molecule has 0 saturated heterocycles. The highest BCUT2D eigenvalue weighted by molar-refractivity contribution is 6.30. The molecule has 0 fully saturated rings. The summed E-state index contributed by atoms with van der Waals surface area (Å²) < 4.78 is 6.32. The second-order valence-corrected chi connectivity index (χ2v) is 2.23. The van der Waals surface area contributed by atoms with E-state index in [4.69, 9.17) is 13.0 Å². The standard InChI is InChI=1S/C7H5ClO2/c8-6-3-1-2-5(4-6)7(9)10/h1-4H,(H,9,10)/i/hD. The topological polar surface area (TPSA) is 37.3 Å². The maximum atomic E-state index is 10.7. The van der Waals surface area contributed by atoms with Crippen molar-refractivity contribution in [1.82, 2.24) is 0 Å². The predicted octanol–water partition coefficient (Wildman–Crippen LogP) is 2.04. The molecule has 0 bridgehead atoms. The first-order valence-electron chi connectivity index (χ1n) is 3.08. The lowest BCUT2D eigenvalue weighted by Crippen LogP contribution is -1.94. The van der Waals surface area contributed by atoms with Gasteiger partial charge in [0.05, 0.1) is 5.56 Å². The van der Waals surface area contributed by atoms with E-state index >= 15 is 0 Å². The van der Waals surface area contributed by atoms with E-state index < -0.39 is 5.97 Å². The molecular weight excluding hydrogens is 152 g/mol. The summed E-state index contributed by atoms with van der Waals surface area (Å²) >= 11 is 5.58. The van der Waals surface area contributed by atoms with Crippen molar-refractivity contribution in [3.8, 4) is 0 Å². The Labute approximate surface area is 64.5 Å². The Morgan fingerprint density at radius 1 is 1.70 bits per heavy atom. The Morgan fingerprint density at radius 3 is 3.10 bits per heavy atom. The molecule has 1 rings (SSSR count). The summed E-state index contributed by atoms with van der Waals surface area (Å²) in [5, 5.41) is 4.20. The van der Waals surface area contributed by atoms with E-state index in [-0.39, 0.29) is 5.56 Å². The van der Waals surface area contributed by atoms with Crippen LogP contribution >= 0.6 is 11.6 Å². The first-order valence-corrected chi connectivity index (χ1v) is 3.05. The van der Waals surface area contributed by atoms with E-state index in [1.807, 2.05) is 0 Å². The maximum absolute atomic E-state index is 10.7. The molecule has 52 valence electrons. The van der Waals surface area contributed by atoms with Gasteiger partial charge in [0.15, 0.2) is 0 Å². The SMILES string of the molecule is [2H]OC(=O)c1cccc(Cl)c1. The minimum Gasteiger partial charge on any atom is -0.478 e. The number of rotatable bonds is 1. The molecule has 0 heterocycles. The normalized spacial score (nSPS) is 10.3. The van der Waals surface area contributed by atoms with E-state index in [2.05, 4.69) is 5.11 Å². The van der Waals surface area contributed by atoms with E-state index in [0.29, 0.717) is 5.02 Å². The van der Waals surface area contributed by atoms with Gasteiger partial charge in [-0.2, -0.15) is 0 Å². The van der Waals surface area contributed by atoms with Crippen molar-refractivity contribution < 1.29 is 9.90 Å². The van der Waals surface area contributed by atoms with Crippen molar-refractivity contribution in [3.63, 3.8) is 0 Å². The highest BCUT2D eigenvalue weighted by Gasteiger charge is 2.00. The molecule has 0 amide bonds. The van der Waals surface area contributed by atoms with Crippen LogP contribution < -0.4 is 0 Å². The van der Waals surface area contributed by atoms with Crippen LogP contribution in [0.4, 0.5) is 0 Å². The molecule has 1 aromatic rings. The third-order valence-electron chi connectivity index (χ3n) is 1.06. The second kappa shape index (κ2) is 2.71. The zero-order valence-electron chi connectivity index (χ0n) is 6.00. The van der Waals surface area contributed by atoms with E-state index in [0.717, 1.165) is 0 Å².